The molecular weight excluding hydrogens is 470 g/mol. The van der Waals surface area contributed by atoms with Crippen LogP contribution in [-0.4, -0.2) is 62.5 Å². The van der Waals surface area contributed by atoms with Crippen molar-refractivity contribution < 1.29 is 19.1 Å². The Morgan fingerprint density at radius 1 is 1.05 bits per heavy atom. The lowest BCUT2D eigenvalue weighted by Crippen LogP contribution is -2.52. The summed E-state index contributed by atoms with van der Waals surface area (Å²) in [7, 11) is 1.98. The number of nitrogens with one attached hydrogen (secondary N) is 1. The maximum Gasteiger partial charge on any atom is 0.255 e. The molecule has 0 radical (unpaired) electrons. The average molecular weight is 500 g/mol. The van der Waals surface area contributed by atoms with E-state index in [1.807, 2.05) is 42.1 Å². The fourth-order valence-corrected chi connectivity index (χ4v) is 5.49. The summed E-state index contributed by atoms with van der Waals surface area (Å²) in [6.07, 6.45) is 1.58. The molecule has 3 amide bonds. The van der Waals surface area contributed by atoms with Gasteiger partial charge in [-0.15, -0.1) is 0 Å². The van der Waals surface area contributed by atoms with Gasteiger partial charge in [0.2, 0.25) is 11.8 Å². The molecule has 2 atom stereocenters. The number of piperidine rings is 1. The Bertz CT molecular complexity index is 1370. The molecule has 1 unspecified atom stereocenters. The maximum atomic E-state index is 12.9. The molecule has 9 heteroatoms. The van der Waals surface area contributed by atoms with Crippen LogP contribution in [0.25, 0.3) is 11.3 Å². The van der Waals surface area contributed by atoms with Gasteiger partial charge in [-0.05, 0) is 42.7 Å². The first-order valence-electron chi connectivity index (χ1n) is 12.7. The Kier molecular flexibility index (Phi) is 6.00. The number of fused-ring (bicyclic) bond motifs is 1. The number of amides is 3. The first-order valence-corrected chi connectivity index (χ1v) is 12.7. The number of hydrogen-bond acceptors (Lipinski definition) is 6. The number of likely N-dealkylation sites (tertiary alicyclic amines) is 1. The number of benzene rings is 2. The molecule has 3 aliphatic rings. The first-order chi connectivity index (χ1) is 17.9. The molecule has 1 N–H and O–H groups in total. The predicted octanol–water partition coefficient (Wildman–Crippen LogP) is 2.50. The van der Waals surface area contributed by atoms with Gasteiger partial charge in [-0.1, -0.05) is 30.3 Å². The van der Waals surface area contributed by atoms with Gasteiger partial charge in [0.15, 0.2) is 0 Å². The highest BCUT2D eigenvalue weighted by Gasteiger charge is 2.39. The van der Waals surface area contributed by atoms with Crippen LogP contribution in [0.4, 0.5) is 0 Å². The lowest BCUT2D eigenvalue weighted by atomic mass is 10.0. The quantitative estimate of drug-likeness (QED) is 0.524. The molecule has 0 spiro atoms. The second-order valence-electron chi connectivity index (χ2n) is 9.99. The Morgan fingerprint density at radius 3 is 2.70 bits per heavy atom. The molecule has 1 aromatic heterocycles. The highest BCUT2D eigenvalue weighted by molar-refractivity contribution is 6.05. The van der Waals surface area contributed by atoms with E-state index in [2.05, 4.69) is 33.5 Å². The third-order valence-corrected chi connectivity index (χ3v) is 7.46. The molecule has 9 nitrogen and oxygen atoms in total. The van der Waals surface area contributed by atoms with Crippen molar-refractivity contribution in [3.05, 3.63) is 71.4 Å². The van der Waals surface area contributed by atoms with Crippen LogP contribution in [0.5, 0.6) is 5.75 Å². The summed E-state index contributed by atoms with van der Waals surface area (Å²) in [5.41, 5.74) is 4.69. The van der Waals surface area contributed by atoms with Gasteiger partial charge in [0.25, 0.3) is 5.91 Å². The van der Waals surface area contributed by atoms with Crippen LogP contribution in [0, 0.1) is 0 Å². The zero-order valence-electron chi connectivity index (χ0n) is 20.7. The number of ether oxygens (including phenoxy) is 1. The summed E-state index contributed by atoms with van der Waals surface area (Å²) < 4.78 is 8.25. The van der Waals surface area contributed by atoms with Crippen LogP contribution >= 0.6 is 0 Å². The van der Waals surface area contributed by atoms with Crippen LogP contribution in [0.3, 0.4) is 0 Å². The molecule has 0 saturated carbocycles. The summed E-state index contributed by atoms with van der Waals surface area (Å²) in [4.78, 5) is 40.6. The van der Waals surface area contributed by atoms with Crippen molar-refractivity contribution in [3.8, 4) is 17.0 Å². The third-order valence-electron chi connectivity index (χ3n) is 7.46. The Balaban J connectivity index is 1.07. The van der Waals surface area contributed by atoms with Gasteiger partial charge in [-0.3, -0.25) is 29.3 Å². The molecule has 3 aliphatic heterocycles. The normalized spacial score (nSPS) is 21.9. The molecule has 0 aliphatic carbocycles. The van der Waals surface area contributed by atoms with Crippen LogP contribution < -0.4 is 10.1 Å². The van der Waals surface area contributed by atoms with E-state index in [0.717, 1.165) is 54.3 Å². The van der Waals surface area contributed by atoms with Gasteiger partial charge in [0.1, 0.15) is 17.9 Å². The molecule has 190 valence electrons. The van der Waals surface area contributed by atoms with Crippen molar-refractivity contribution in [1.82, 2.24) is 24.9 Å². The van der Waals surface area contributed by atoms with Crippen LogP contribution in [0.2, 0.25) is 0 Å². The highest BCUT2D eigenvalue weighted by Crippen LogP contribution is 2.31. The van der Waals surface area contributed by atoms with E-state index >= 15 is 0 Å². The average Bonchev–Trinajstić information content (AvgIpc) is 3.58. The van der Waals surface area contributed by atoms with Crippen molar-refractivity contribution in [3.63, 3.8) is 0 Å². The van der Waals surface area contributed by atoms with Gasteiger partial charge in [-0.2, -0.15) is 5.10 Å². The molecule has 3 aromatic rings. The highest BCUT2D eigenvalue weighted by atomic mass is 16.5. The van der Waals surface area contributed by atoms with Gasteiger partial charge in [0, 0.05) is 50.8 Å². The van der Waals surface area contributed by atoms with Gasteiger partial charge in [-0.25, -0.2) is 0 Å². The van der Waals surface area contributed by atoms with Crippen molar-refractivity contribution in [2.75, 3.05) is 13.1 Å². The summed E-state index contributed by atoms with van der Waals surface area (Å²) in [5.74, 6) is -0.125. The number of imide groups is 1. The Morgan fingerprint density at radius 2 is 1.89 bits per heavy atom. The number of carbonyl (C=O) groups is 3. The molecule has 0 bridgehead atoms. The molecule has 2 fully saturated rings. The minimum atomic E-state index is -0.611. The van der Waals surface area contributed by atoms with E-state index in [1.54, 1.807) is 11.0 Å². The van der Waals surface area contributed by atoms with E-state index in [-0.39, 0.29) is 24.3 Å². The number of nitrogens with zero attached hydrogens (tertiary/aromatic N) is 4. The zero-order chi connectivity index (χ0) is 25.5. The van der Waals surface area contributed by atoms with E-state index in [9.17, 15) is 14.4 Å². The molecule has 2 saturated heterocycles. The lowest BCUT2D eigenvalue weighted by Gasteiger charge is -2.29. The fourth-order valence-electron chi connectivity index (χ4n) is 5.49. The summed E-state index contributed by atoms with van der Waals surface area (Å²) in [6.45, 7) is 2.89. The molecule has 4 heterocycles. The SMILES string of the molecule is Cn1nc(-c2ccccc2)cc1CN1CC[C@H](Oc2ccc3c(c2)CN(C2CCC(=O)NC2=O)C3=O)C1. The summed E-state index contributed by atoms with van der Waals surface area (Å²) >= 11 is 0. The maximum absolute atomic E-state index is 12.9. The number of aryl methyl sites for hydroxylation is 1. The Labute approximate surface area is 215 Å². The van der Waals surface area contributed by atoms with Gasteiger partial charge >= 0.3 is 0 Å². The standard InChI is InChI=1S/C28H29N5O4/c1-31-20(14-24(30-31)18-5-3-2-4-6-18)16-32-12-11-22(17-32)37-21-7-8-23-19(13-21)15-33(28(23)36)25-9-10-26(34)29-27(25)35/h2-8,13-14,22,25H,9-12,15-17H2,1H3,(H,29,34,35)/t22-,25?/m0/s1. The summed E-state index contributed by atoms with van der Waals surface area (Å²) in [6, 6.07) is 17.3. The number of carbonyl (C=O) groups excluding carboxylic acids is 3. The fraction of sp³-hybridized carbons (Fsp3) is 0.357. The summed E-state index contributed by atoms with van der Waals surface area (Å²) in [5, 5.41) is 7.02. The van der Waals surface area contributed by atoms with Crippen molar-refractivity contribution in [2.24, 2.45) is 7.05 Å². The number of aromatic nitrogens is 2. The van der Waals surface area contributed by atoms with Crippen LogP contribution in [0.1, 0.15) is 40.9 Å². The largest absolute Gasteiger partial charge is 0.489 e. The molecule has 6 rings (SSSR count). The molecule has 2 aromatic carbocycles. The second kappa shape index (κ2) is 9.48. The minimum Gasteiger partial charge on any atom is -0.489 e. The van der Waals surface area contributed by atoms with Crippen molar-refractivity contribution >= 4 is 17.7 Å². The first kappa shape index (κ1) is 23.4. The zero-order valence-corrected chi connectivity index (χ0v) is 20.7. The molecule has 37 heavy (non-hydrogen) atoms. The topological polar surface area (TPSA) is 96.8 Å². The van der Waals surface area contributed by atoms with Gasteiger partial charge < -0.3 is 9.64 Å². The van der Waals surface area contributed by atoms with Crippen LogP contribution in [0.15, 0.2) is 54.6 Å². The van der Waals surface area contributed by atoms with Crippen LogP contribution in [-0.2, 0) is 29.7 Å². The van der Waals surface area contributed by atoms with E-state index < -0.39 is 11.9 Å². The molecular formula is C28H29N5O4. The van der Waals surface area contributed by atoms with Crippen molar-refractivity contribution in [2.45, 2.75) is 44.5 Å². The van der Waals surface area contributed by atoms with E-state index in [0.29, 0.717) is 18.5 Å². The minimum absolute atomic E-state index is 0.0585. The predicted molar refractivity (Wildman–Crippen MR) is 135 cm³/mol. The number of hydrogen-bond donors (Lipinski definition) is 1. The number of rotatable bonds is 6. The Hall–Kier alpha value is -3.98. The van der Waals surface area contributed by atoms with Crippen molar-refractivity contribution in [1.29, 1.82) is 0 Å². The second-order valence-corrected chi connectivity index (χ2v) is 9.99. The van der Waals surface area contributed by atoms with E-state index in [1.165, 1.54) is 0 Å². The lowest BCUT2D eigenvalue weighted by molar-refractivity contribution is -0.136. The third kappa shape index (κ3) is 4.62. The monoisotopic (exact) mass is 499 g/mol. The van der Waals surface area contributed by atoms with Gasteiger partial charge in [0.05, 0.1) is 11.4 Å². The smallest absolute Gasteiger partial charge is 0.255 e. The van der Waals surface area contributed by atoms with E-state index in [4.69, 9.17) is 4.74 Å².